The molecule has 0 saturated carbocycles. The van der Waals surface area contributed by atoms with Crippen molar-refractivity contribution in [2.24, 2.45) is 0 Å². The zero-order valence-electron chi connectivity index (χ0n) is 18.3. The second-order valence-electron chi connectivity index (χ2n) is 7.92. The quantitative estimate of drug-likeness (QED) is 0.426. The predicted molar refractivity (Wildman–Crippen MR) is 128 cm³/mol. The Labute approximate surface area is 199 Å². The molecular weight excluding hydrogens is 447 g/mol. The number of imidazole rings is 1. The van der Waals surface area contributed by atoms with Gasteiger partial charge in [0.05, 0.1) is 12.4 Å². The van der Waals surface area contributed by atoms with Crippen molar-refractivity contribution in [2.75, 3.05) is 37.6 Å². The molecule has 0 atom stereocenters. The Morgan fingerprint density at radius 2 is 1.62 bits per heavy atom. The molecule has 1 saturated heterocycles. The summed E-state index contributed by atoms with van der Waals surface area (Å²) >= 11 is 12.2. The first-order chi connectivity index (χ1) is 15.6. The van der Waals surface area contributed by atoms with Crippen molar-refractivity contribution in [1.82, 2.24) is 24.4 Å². The van der Waals surface area contributed by atoms with Gasteiger partial charge in [0, 0.05) is 32.7 Å². The highest BCUT2D eigenvalue weighted by Crippen LogP contribution is 2.23. The normalized spacial score (nSPS) is 14.7. The SMILES string of the molecule is Cc1nc(Cl)c(Cl)n1CCCCN1CCN(c2ncc(OCc3ccccc3)cn2)CC1. The fourth-order valence-electron chi connectivity index (χ4n) is 3.83. The minimum absolute atomic E-state index is 0.387. The Morgan fingerprint density at radius 3 is 2.28 bits per heavy atom. The summed E-state index contributed by atoms with van der Waals surface area (Å²) in [6, 6.07) is 10.1. The highest BCUT2D eigenvalue weighted by molar-refractivity contribution is 6.40. The maximum atomic E-state index is 6.20. The Bertz CT molecular complexity index is 988. The van der Waals surface area contributed by atoms with Crippen LogP contribution in [0.3, 0.4) is 0 Å². The van der Waals surface area contributed by atoms with Gasteiger partial charge >= 0.3 is 0 Å². The number of benzene rings is 1. The van der Waals surface area contributed by atoms with Gasteiger partial charge in [0.15, 0.2) is 10.9 Å². The standard InChI is InChI=1S/C23H28Cl2N6O/c1-18-28-21(24)22(25)31(18)10-6-5-9-29-11-13-30(14-12-29)23-26-15-20(16-27-23)32-17-19-7-3-2-4-8-19/h2-4,7-8,15-16H,5-6,9-14,17H2,1H3. The van der Waals surface area contributed by atoms with Crippen LogP contribution in [0.25, 0.3) is 0 Å². The fourth-order valence-corrected chi connectivity index (χ4v) is 4.30. The van der Waals surface area contributed by atoms with Crippen LogP contribution in [0.4, 0.5) is 5.95 Å². The van der Waals surface area contributed by atoms with Crippen molar-refractivity contribution in [2.45, 2.75) is 32.9 Å². The molecule has 9 heteroatoms. The van der Waals surface area contributed by atoms with Crippen LogP contribution in [-0.4, -0.2) is 57.1 Å². The van der Waals surface area contributed by atoms with E-state index in [0.717, 1.165) is 69.4 Å². The summed E-state index contributed by atoms with van der Waals surface area (Å²) in [5, 5.41) is 0.924. The van der Waals surface area contributed by atoms with Crippen LogP contribution in [0.1, 0.15) is 24.2 Å². The van der Waals surface area contributed by atoms with E-state index in [9.17, 15) is 0 Å². The van der Waals surface area contributed by atoms with E-state index in [1.165, 1.54) is 0 Å². The maximum absolute atomic E-state index is 6.20. The van der Waals surface area contributed by atoms with Gasteiger partial charge in [0.25, 0.3) is 0 Å². The molecular formula is C23H28Cl2N6O. The van der Waals surface area contributed by atoms with Crippen molar-refractivity contribution < 1.29 is 4.74 Å². The zero-order chi connectivity index (χ0) is 22.3. The summed E-state index contributed by atoms with van der Waals surface area (Å²) in [6.45, 7) is 8.22. The highest BCUT2D eigenvalue weighted by atomic mass is 35.5. The molecule has 1 fully saturated rings. The molecule has 170 valence electrons. The molecule has 0 aliphatic carbocycles. The lowest BCUT2D eigenvalue weighted by Gasteiger charge is -2.34. The lowest BCUT2D eigenvalue weighted by atomic mass is 10.2. The molecule has 7 nitrogen and oxygen atoms in total. The lowest BCUT2D eigenvalue weighted by molar-refractivity contribution is 0.250. The summed E-state index contributed by atoms with van der Waals surface area (Å²) in [4.78, 5) is 17.9. The van der Waals surface area contributed by atoms with Crippen LogP contribution in [0, 0.1) is 6.92 Å². The summed E-state index contributed by atoms with van der Waals surface area (Å²) in [5.74, 6) is 2.31. The van der Waals surface area contributed by atoms with Crippen LogP contribution >= 0.6 is 23.2 Å². The van der Waals surface area contributed by atoms with Crippen LogP contribution in [-0.2, 0) is 13.2 Å². The van der Waals surface area contributed by atoms with Gasteiger partial charge in [0.2, 0.25) is 5.95 Å². The van der Waals surface area contributed by atoms with Crippen molar-refractivity contribution >= 4 is 29.2 Å². The van der Waals surface area contributed by atoms with E-state index in [0.29, 0.717) is 22.7 Å². The maximum Gasteiger partial charge on any atom is 0.225 e. The molecule has 0 unspecified atom stereocenters. The number of unbranched alkanes of at least 4 members (excludes halogenated alkanes) is 1. The first kappa shape index (κ1) is 22.8. The topological polar surface area (TPSA) is 59.3 Å². The molecule has 0 radical (unpaired) electrons. The first-order valence-corrected chi connectivity index (χ1v) is 11.7. The Balaban J connectivity index is 1.16. The van der Waals surface area contributed by atoms with Crippen LogP contribution < -0.4 is 9.64 Å². The van der Waals surface area contributed by atoms with Gasteiger partial charge in [-0.2, -0.15) is 0 Å². The third-order valence-corrected chi connectivity index (χ3v) is 6.43. The number of rotatable bonds is 9. The zero-order valence-corrected chi connectivity index (χ0v) is 19.8. The number of halogens is 2. The monoisotopic (exact) mass is 474 g/mol. The second-order valence-corrected chi connectivity index (χ2v) is 8.64. The van der Waals surface area contributed by atoms with Crippen molar-refractivity contribution in [3.05, 3.63) is 64.4 Å². The number of aryl methyl sites for hydroxylation is 1. The van der Waals surface area contributed by atoms with Crippen LogP contribution in [0.2, 0.25) is 10.3 Å². The molecule has 4 rings (SSSR count). The van der Waals surface area contributed by atoms with Gasteiger partial charge in [-0.05, 0) is 31.9 Å². The Kier molecular flexibility index (Phi) is 7.84. The number of aromatic nitrogens is 4. The summed E-state index contributed by atoms with van der Waals surface area (Å²) in [5.41, 5.74) is 1.12. The van der Waals surface area contributed by atoms with Gasteiger partial charge in [-0.3, -0.25) is 4.90 Å². The van der Waals surface area contributed by atoms with Crippen LogP contribution in [0.15, 0.2) is 42.7 Å². The lowest BCUT2D eigenvalue weighted by Crippen LogP contribution is -2.47. The number of hydrogen-bond donors (Lipinski definition) is 0. The minimum atomic E-state index is 0.387. The summed E-state index contributed by atoms with van der Waals surface area (Å²) in [6.07, 6.45) is 5.66. The Hall–Kier alpha value is -2.35. The molecule has 3 heterocycles. The molecule has 0 amide bonds. The molecule has 0 bridgehead atoms. The van der Waals surface area contributed by atoms with E-state index in [-0.39, 0.29) is 0 Å². The van der Waals surface area contributed by atoms with Crippen molar-refractivity contribution in [3.8, 4) is 5.75 Å². The fraction of sp³-hybridized carbons (Fsp3) is 0.435. The summed E-state index contributed by atoms with van der Waals surface area (Å²) < 4.78 is 7.76. The predicted octanol–water partition coefficient (Wildman–Crippen LogP) is 4.47. The van der Waals surface area contributed by atoms with Gasteiger partial charge in [-0.1, -0.05) is 53.5 Å². The van der Waals surface area contributed by atoms with Gasteiger partial charge < -0.3 is 14.2 Å². The average Bonchev–Trinajstić information content (AvgIpc) is 3.07. The van der Waals surface area contributed by atoms with Gasteiger partial charge in [0.1, 0.15) is 17.6 Å². The number of piperazine rings is 1. The Morgan fingerprint density at radius 1 is 0.938 bits per heavy atom. The van der Waals surface area contributed by atoms with E-state index in [2.05, 4.69) is 24.8 Å². The number of hydrogen-bond acceptors (Lipinski definition) is 6. The molecule has 0 spiro atoms. The average molecular weight is 475 g/mol. The van der Waals surface area contributed by atoms with E-state index in [4.69, 9.17) is 27.9 Å². The molecule has 2 aromatic heterocycles. The molecule has 1 aromatic carbocycles. The minimum Gasteiger partial charge on any atom is -0.486 e. The third-order valence-electron chi connectivity index (χ3n) is 5.68. The smallest absolute Gasteiger partial charge is 0.225 e. The van der Waals surface area contributed by atoms with E-state index in [1.807, 2.05) is 41.8 Å². The van der Waals surface area contributed by atoms with E-state index < -0.39 is 0 Å². The third kappa shape index (κ3) is 5.91. The number of ether oxygens (including phenoxy) is 1. The largest absolute Gasteiger partial charge is 0.486 e. The van der Waals surface area contributed by atoms with E-state index in [1.54, 1.807) is 12.4 Å². The number of anilines is 1. The molecule has 3 aromatic rings. The second kappa shape index (κ2) is 11.0. The van der Waals surface area contributed by atoms with Gasteiger partial charge in [-0.25, -0.2) is 15.0 Å². The molecule has 1 aliphatic heterocycles. The molecule has 32 heavy (non-hydrogen) atoms. The highest BCUT2D eigenvalue weighted by Gasteiger charge is 2.19. The van der Waals surface area contributed by atoms with Crippen molar-refractivity contribution in [3.63, 3.8) is 0 Å². The van der Waals surface area contributed by atoms with Gasteiger partial charge in [-0.15, -0.1) is 0 Å². The van der Waals surface area contributed by atoms with Crippen LogP contribution in [0.5, 0.6) is 5.75 Å². The summed E-state index contributed by atoms with van der Waals surface area (Å²) in [7, 11) is 0. The molecule has 0 N–H and O–H groups in total. The van der Waals surface area contributed by atoms with Crippen molar-refractivity contribution in [1.29, 1.82) is 0 Å². The number of nitrogens with zero attached hydrogens (tertiary/aromatic N) is 6. The molecule has 1 aliphatic rings. The van der Waals surface area contributed by atoms with E-state index >= 15 is 0 Å². The first-order valence-electron chi connectivity index (χ1n) is 10.9.